The fourth-order valence-electron chi connectivity index (χ4n) is 0.956. The number of hydrogen-bond acceptors (Lipinski definition) is 2. The van der Waals surface area contributed by atoms with E-state index in [1.165, 1.54) is 6.08 Å². The second-order valence-corrected chi connectivity index (χ2v) is 3.69. The molecule has 0 saturated heterocycles. The maximum atomic E-state index is 11.2. The van der Waals surface area contributed by atoms with Crippen molar-refractivity contribution in [3.05, 3.63) is 34.0 Å². The van der Waals surface area contributed by atoms with Gasteiger partial charge in [-0.05, 0) is 26.0 Å². The molecule has 0 aliphatic carbocycles. The second kappa shape index (κ2) is 5.14. The third kappa shape index (κ3) is 3.22. The highest BCUT2D eigenvalue weighted by Gasteiger charge is 2.07. The number of nitrogens with zero attached hydrogens (tertiary/aromatic N) is 1. The smallest absolute Gasteiger partial charge is 0.249 e. The maximum Gasteiger partial charge on any atom is 0.249 e. The van der Waals surface area contributed by atoms with Crippen molar-refractivity contribution in [3.63, 3.8) is 0 Å². The second-order valence-electron chi connectivity index (χ2n) is 2.88. The molecular weight excluding hydrogens is 235 g/mol. The Morgan fingerprint density at radius 1 is 1.47 bits per heavy atom. The summed E-state index contributed by atoms with van der Waals surface area (Å²) >= 11 is 11.7. The van der Waals surface area contributed by atoms with Crippen LogP contribution in [0.2, 0.25) is 10.0 Å². The number of hydrogen-bond donors (Lipinski definition) is 1. The summed E-state index contributed by atoms with van der Waals surface area (Å²) in [6.07, 6.45) is 3.02. The van der Waals surface area contributed by atoms with Crippen LogP contribution in [0.25, 0.3) is 0 Å². The molecule has 0 bridgehead atoms. The van der Waals surface area contributed by atoms with Crippen molar-refractivity contribution in [2.75, 3.05) is 5.32 Å². The van der Waals surface area contributed by atoms with Crippen molar-refractivity contribution in [1.82, 2.24) is 4.98 Å². The molecule has 80 valence electrons. The lowest BCUT2D eigenvalue weighted by Crippen LogP contribution is -2.10. The van der Waals surface area contributed by atoms with Gasteiger partial charge in [0.05, 0.1) is 15.7 Å². The highest BCUT2D eigenvalue weighted by atomic mass is 35.5. The molecule has 0 spiro atoms. The van der Waals surface area contributed by atoms with E-state index in [0.717, 1.165) is 0 Å². The van der Waals surface area contributed by atoms with Crippen molar-refractivity contribution < 1.29 is 4.79 Å². The third-order valence-electron chi connectivity index (χ3n) is 1.66. The van der Waals surface area contributed by atoms with Crippen molar-refractivity contribution in [2.45, 2.75) is 13.8 Å². The zero-order valence-corrected chi connectivity index (χ0v) is 9.86. The summed E-state index contributed by atoms with van der Waals surface area (Å²) in [7, 11) is 0. The van der Waals surface area contributed by atoms with Crippen LogP contribution in [0.1, 0.15) is 12.6 Å². The Bertz CT molecular complexity index is 416. The van der Waals surface area contributed by atoms with E-state index in [1.807, 2.05) is 0 Å². The molecule has 0 fully saturated rings. The van der Waals surface area contributed by atoms with Gasteiger partial charge < -0.3 is 5.32 Å². The predicted molar refractivity (Wildman–Crippen MR) is 62.4 cm³/mol. The molecule has 0 aliphatic heterocycles. The van der Waals surface area contributed by atoms with Crippen LogP contribution >= 0.6 is 23.2 Å². The van der Waals surface area contributed by atoms with Crippen molar-refractivity contribution in [3.8, 4) is 0 Å². The predicted octanol–water partition coefficient (Wildman–Crippen LogP) is 3.21. The van der Waals surface area contributed by atoms with Gasteiger partial charge in [0, 0.05) is 0 Å². The molecule has 0 radical (unpaired) electrons. The molecule has 0 aliphatic rings. The SMILES string of the molecule is C/C=C/C(=O)Nc1nc(C)c(Cl)cc1Cl. The first-order valence-electron chi connectivity index (χ1n) is 4.31. The third-order valence-corrected chi connectivity index (χ3v) is 2.34. The lowest BCUT2D eigenvalue weighted by molar-refractivity contribution is -0.111. The fraction of sp³-hybridized carbons (Fsp3) is 0.200. The van der Waals surface area contributed by atoms with Gasteiger partial charge in [-0.25, -0.2) is 4.98 Å². The number of aromatic nitrogens is 1. The zero-order valence-electron chi connectivity index (χ0n) is 8.34. The molecule has 0 aromatic carbocycles. The number of aryl methyl sites for hydroxylation is 1. The largest absolute Gasteiger partial charge is 0.306 e. The Balaban J connectivity index is 2.95. The van der Waals surface area contributed by atoms with Crippen LogP contribution in [0, 0.1) is 6.92 Å². The summed E-state index contributed by atoms with van der Waals surface area (Å²) < 4.78 is 0. The number of carbonyl (C=O) groups is 1. The van der Waals surface area contributed by atoms with Gasteiger partial charge in [0.1, 0.15) is 0 Å². The number of anilines is 1. The molecule has 15 heavy (non-hydrogen) atoms. The molecule has 0 atom stereocenters. The van der Waals surface area contributed by atoms with Gasteiger partial charge in [-0.1, -0.05) is 29.3 Å². The molecule has 0 unspecified atom stereocenters. The number of carbonyl (C=O) groups excluding carboxylic acids is 1. The van der Waals surface area contributed by atoms with Crippen molar-refractivity contribution >= 4 is 34.9 Å². The van der Waals surface area contributed by atoms with Crippen LogP contribution in [0.4, 0.5) is 5.82 Å². The molecular formula is C10H10Cl2N2O. The Labute approximate surface area is 98.1 Å². The Kier molecular flexibility index (Phi) is 4.12. The van der Waals surface area contributed by atoms with Gasteiger partial charge in [-0.15, -0.1) is 0 Å². The molecule has 1 aromatic heterocycles. The van der Waals surface area contributed by atoms with E-state index < -0.39 is 0 Å². The Morgan fingerprint density at radius 3 is 2.73 bits per heavy atom. The fourth-order valence-corrected chi connectivity index (χ4v) is 1.36. The van der Waals surface area contributed by atoms with E-state index in [9.17, 15) is 4.79 Å². The summed E-state index contributed by atoms with van der Waals surface area (Å²) in [5.74, 6) is 0.0512. The van der Waals surface area contributed by atoms with Crippen LogP contribution in [0.15, 0.2) is 18.2 Å². The monoisotopic (exact) mass is 244 g/mol. The Morgan fingerprint density at radius 2 is 2.13 bits per heavy atom. The van der Waals surface area contributed by atoms with Gasteiger partial charge in [-0.3, -0.25) is 4.79 Å². The lowest BCUT2D eigenvalue weighted by atomic mass is 10.3. The molecule has 3 nitrogen and oxygen atoms in total. The van der Waals surface area contributed by atoms with Crippen LogP contribution in [-0.4, -0.2) is 10.9 Å². The summed E-state index contributed by atoms with van der Waals surface area (Å²) in [5.41, 5.74) is 0.622. The van der Waals surface area contributed by atoms with Crippen LogP contribution < -0.4 is 5.32 Å². The minimum Gasteiger partial charge on any atom is -0.306 e. The molecule has 1 rings (SSSR count). The summed E-state index contributed by atoms with van der Waals surface area (Å²) in [6.45, 7) is 3.49. The standard InChI is InChI=1S/C10H10Cl2N2O/c1-3-4-9(15)14-10-8(12)5-7(11)6(2)13-10/h3-5H,1-2H3,(H,13,14,15)/b4-3+. The number of allylic oxidation sites excluding steroid dienone is 1. The van der Waals surface area contributed by atoms with E-state index in [4.69, 9.17) is 23.2 Å². The molecule has 1 aromatic rings. The van der Waals surface area contributed by atoms with Gasteiger partial charge in [0.2, 0.25) is 5.91 Å². The van der Waals surface area contributed by atoms with Crippen LogP contribution in [0.5, 0.6) is 0 Å². The van der Waals surface area contributed by atoms with E-state index in [1.54, 1.807) is 26.0 Å². The quantitative estimate of drug-likeness (QED) is 0.813. The topological polar surface area (TPSA) is 42.0 Å². The van der Waals surface area contributed by atoms with Crippen LogP contribution in [-0.2, 0) is 4.79 Å². The minimum absolute atomic E-state index is 0.270. The van der Waals surface area contributed by atoms with Gasteiger partial charge in [0.25, 0.3) is 0 Å². The van der Waals surface area contributed by atoms with E-state index in [-0.39, 0.29) is 5.91 Å². The van der Waals surface area contributed by atoms with Crippen LogP contribution in [0.3, 0.4) is 0 Å². The number of nitrogens with one attached hydrogen (secondary N) is 1. The first kappa shape index (κ1) is 12.0. The first-order valence-corrected chi connectivity index (χ1v) is 5.06. The highest BCUT2D eigenvalue weighted by Crippen LogP contribution is 2.25. The van der Waals surface area contributed by atoms with Crippen molar-refractivity contribution in [1.29, 1.82) is 0 Å². The van der Waals surface area contributed by atoms with Gasteiger partial charge in [0.15, 0.2) is 5.82 Å². The number of halogens is 2. The molecule has 0 saturated carbocycles. The summed E-state index contributed by atoms with van der Waals surface area (Å²) in [5, 5.41) is 3.35. The number of rotatable bonds is 2. The summed E-state index contributed by atoms with van der Waals surface area (Å²) in [6, 6.07) is 1.55. The lowest BCUT2D eigenvalue weighted by Gasteiger charge is -2.06. The number of amides is 1. The molecule has 5 heteroatoms. The average molecular weight is 245 g/mol. The van der Waals surface area contributed by atoms with Gasteiger partial charge in [-0.2, -0.15) is 0 Å². The Hall–Kier alpha value is -1.06. The average Bonchev–Trinajstić information content (AvgIpc) is 2.14. The van der Waals surface area contributed by atoms with E-state index >= 15 is 0 Å². The zero-order chi connectivity index (χ0) is 11.4. The molecule has 1 heterocycles. The first-order chi connectivity index (χ1) is 7.04. The molecule has 1 N–H and O–H groups in total. The van der Waals surface area contributed by atoms with Crippen molar-refractivity contribution in [2.24, 2.45) is 0 Å². The minimum atomic E-state index is -0.270. The maximum absolute atomic E-state index is 11.2. The molecule has 1 amide bonds. The highest BCUT2D eigenvalue weighted by molar-refractivity contribution is 6.36. The van der Waals surface area contributed by atoms with Gasteiger partial charge >= 0.3 is 0 Å². The number of pyridine rings is 1. The normalized spacial score (nSPS) is 10.7. The summed E-state index contributed by atoms with van der Waals surface area (Å²) in [4.78, 5) is 15.3. The van der Waals surface area contributed by atoms with E-state index in [2.05, 4.69) is 10.3 Å². The van der Waals surface area contributed by atoms with E-state index in [0.29, 0.717) is 21.6 Å².